The van der Waals surface area contributed by atoms with Gasteiger partial charge in [-0.15, -0.1) is 0 Å². The predicted octanol–water partition coefficient (Wildman–Crippen LogP) is 1.70. The van der Waals surface area contributed by atoms with E-state index in [0.29, 0.717) is 6.42 Å². The molecule has 2 amide bonds. The van der Waals surface area contributed by atoms with E-state index in [-0.39, 0.29) is 36.0 Å². The lowest BCUT2D eigenvalue weighted by Crippen LogP contribution is -2.32. The summed E-state index contributed by atoms with van der Waals surface area (Å²) in [6, 6.07) is 0. The second-order valence-corrected chi connectivity index (χ2v) is 5.51. The Labute approximate surface area is 102 Å². The van der Waals surface area contributed by atoms with E-state index in [0.717, 1.165) is 11.3 Å². The van der Waals surface area contributed by atoms with Crippen molar-refractivity contribution in [2.75, 3.05) is 6.54 Å². The molecule has 0 aromatic rings. The van der Waals surface area contributed by atoms with E-state index in [1.54, 1.807) is 0 Å². The Hall–Kier alpha value is -1.45. The lowest BCUT2D eigenvalue weighted by molar-refractivity contribution is -0.137. The van der Waals surface area contributed by atoms with Crippen molar-refractivity contribution >= 4 is 17.6 Å². The Bertz CT molecular complexity index is 345. The minimum atomic E-state index is -0.321. The molecule has 0 saturated heterocycles. The molecule has 0 radical (unpaired) electrons. The van der Waals surface area contributed by atoms with Crippen molar-refractivity contribution in [3.8, 4) is 0 Å². The van der Waals surface area contributed by atoms with E-state index in [1.807, 2.05) is 0 Å². The van der Waals surface area contributed by atoms with Gasteiger partial charge >= 0.3 is 0 Å². The first-order chi connectivity index (χ1) is 7.79. The highest BCUT2D eigenvalue weighted by molar-refractivity contribution is 6.13. The number of ketones is 1. The smallest absolute Gasteiger partial charge is 0.253 e. The number of hydrogen-bond donors (Lipinski definition) is 0. The summed E-state index contributed by atoms with van der Waals surface area (Å²) in [5.74, 6) is -0.537. The summed E-state index contributed by atoms with van der Waals surface area (Å²) in [6.07, 6.45) is 4.07. The normalized spacial score (nSPS) is 15.8. The second-order valence-electron chi connectivity index (χ2n) is 5.51. The predicted molar refractivity (Wildman–Crippen MR) is 64.2 cm³/mol. The van der Waals surface area contributed by atoms with Gasteiger partial charge in [-0.2, -0.15) is 0 Å². The maximum Gasteiger partial charge on any atom is 0.253 e. The molecule has 0 unspecified atom stereocenters. The maximum absolute atomic E-state index is 11.6. The van der Waals surface area contributed by atoms with Gasteiger partial charge in [0.25, 0.3) is 11.8 Å². The number of amides is 2. The van der Waals surface area contributed by atoms with Crippen molar-refractivity contribution in [1.82, 2.24) is 4.90 Å². The Balaban J connectivity index is 2.29. The quantitative estimate of drug-likeness (QED) is 0.684. The van der Waals surface area contributed by atoms with Crippen LogP contribution >= 0.6 is 0 Å². The summed E-state index contributed by atoms with van der Waals surface area (Å²) < 4.78 is 0. The topological polar surface area (TPSA) is 54.5 Å². The Morgan fingerprint density at radius 3 is 2.12 bits per heavy atom. The van der Waals surface area contributed by atoms with E-state index in [9.17, 15) is 14.4 Å². The van der Waals surface area contributed by atoms with Gasteiger partial charge in [0.05, 0.1) is 0 Å². The van der Waals surface area contributed by atoms with Crippen LogP contribution in [0.1, 0.15) is 40.0 Å². The van der Waals surface area contributed by atoms with Gasteiger partial charge in [0.2, 0.25) is 0 Å². The van der Waals surface area contributed by atoms with E-state index in [1.165, 1.54) is 12.2 Å². The molecule has 1 aliphatic rings. The fourth-order valence-corrected chi connectivity index (χ4v) is 1.53. The molecule has 0 fully saturated rings. The van der Waals surface area contributed by atoms with Crippen molar-refractivity contribution < 1.29 is 14.4 Å². The van der Waals surface area contributed by atoms with Crippen LogP contribution in [0.2, 0.25) is 0 Å². The SMILES string of the molecule is CC(C)(C)CCC(=O)CCN1C(=O)C=CC1=O. The number of hydrogen-bond acceptors (Lipinski definition) is 3. The van der Waals surface area contributed by atoms with Crippen molar-refractivity contribution in [2.24, 2.45) is 5.41 Å². The molecular formula is C13H19NO3. The van der Waals surface area contributed by atoms with Crippen molar-refractivity contribution in [2.45, 2.75) is 40.0 Å². The fraction of sp³-hybridized carbons (Fsp3) is 0.615. The molecule has 0 bridgehead atoms. The second kappa shape index (κ2) is 5.25. The molecule has 94 valence electrons. The molecule has 0 saturated carbocycles. The van der Waals surface area contributed by atoms with E-state index < -0.39 is 0 Å². The monoisotopic (exact) mass is 237 g/mol. The molecular weight excluding hydrogens is 218 g/mol. The van der Waals surface area contributed by atoms with Crippen molar-refractivity contribution in [3.63, 3.8) is 0 Å². The first-order valence-electron chi connectivity index (χ1n) is 5.85. The van der Waals surface area contributed by atoms with Crippen LogP contribution < -0.4 is 0 Å². The number of carbonyl (C=O) groups excluding carboxylic acids is 3. The zero-order valence-electron chi connectivity index (χ0n) is 10.7. The number of carbonyl (C=O) groups is 3. The van der Waals surface area contributed by atoms with E-state index in [2.05, 4.69) is 20.8 Å². The molecule has 4 heteroatoms. The van der Waals surface area contributed by atoms with E-state index in [4.69, 9.17) is 0 Å². The van der Waals surface area contributed by atoms with Crippen molar-refractivity contribution in [3.05, 3.63) is 12.2 Å². The van der Waals surface area contributed by atoms with Gasteiger partial charge in [-0.1, -0.05) is 20.8 Å². The van der Waals surface area contributed by atoms with Crippen LogP contribution in [0.5, 0.6) is 0 Å². The van der Waals surface area contributed by atoms with Gasteiger partial charge in [-0.25, -0.2) is 0 Å². The van der Waals surface area contributed by atoms with E-state index >= 15 is 0 Å². The molecule has 1 rings (SSSR count). The fourth-order valence-electron chi connectivity index (χ4n) is 1.53. The zero-order chi connectivity index (χ0) is 13.1. The number of nitrogens with zero attached hydrogens (tertiary/aromatic N) is 1. The van der Waals surface area contributed by atoms with Crippen LogP contribution in [0.25, 0.3) is 0 Å². The Morgan fingerprint density at radius 1 is 1.12 bits per heavy atom. The van der Waals surface area contributed by atoms with Crippen LogP contribution in [0, 0.1) is 5.41 Å². The highest BCUT2D eigenvalue weighted by Crippen LogP contribution is 2.21. The molecule has 17 heavy (non-hydrogen) atoms. The van der Waals surface area contributed by atoms with Crippen LogP contribution in [-0.4, -0.2) is 29.0 Å². The summed E-state index contributed by atoms with van der Waals surface area (Å²) in [5.41, 5.74) is 0.135. The molecule has 0 spiro atoms. The van der Waals surface area contributed by atoms with Gasteiger partial charge in [0.15, 0.2) is 0 Å². The van der Waals surface area contributed by atoms with Crippen LogP contribution in [0.15, 0.2) is 12.2 Å². The summed E-state index contributed by atoms with van der Waals surface area (Å²) >= 11 is 0. The first-order valence-corrected chi connectivity index (χ1v) is 5.85. The third kappa shape index (κ3) is 4.51. The molecule has 1 heterocycles. The molecule has 0 atom stereocenters. The Kier molecular flexibility index (Phi) is 4.21. The average molecular weight is 237 g/mol. The number of Topliss-reactive ketones (excluding diaryl/α,β-unsaturated/α-hetero) is 1. The zero-order valence-corrected chi connectivity index (χ0v) is 10.7. The van der Waals surface area contributed by atoms with Crippen molar-refractivity contribution in [1.29, 1.82) is 0 Å². The summed E-state index contributed by atoms with van der Waals surface area (Å²) in [7, 11) is 0. The highest BCUT2D eigenvalue weighted by atomic mass is 16.2. The molecule has 4 nitrogen and oxygen atoms in total. The van der Waals surface area contributed by atoms with Crippen LogP contribution in [-0.2, 0) is 14.4 Å². The minimum Gasteiger partial charge on any atom is -0.300 e. The third-order valence-electron chi connectivity index (χ3n) is 2.67. The standard InChI is InChI=1S/C13H19NO3/c1-13(2,3)8-6-10(15)7-9-14-11(16)4-5-12(14)17/h4-5H,6-9H2,1-3H3. The number of imide groups is 1. The molecule has 0 aromatic heterocycles. The molecule has 0 aromatic carbocycles. The highest BCUT2D eigenvalue weighted by Gasteiger charge is 2.23. The molecule has 1 aliphatic heterocycles. The number of rotatable bonds is 5. The largest absolute Gasteiger partial charge is 0.300 e. The Morgan fingerprint density at radius 2 is 1.65 bits per heavy atom. The third-order valence-corrected chi connectivity index (χ3v) is 2.67. The first kappa shape index (κ1) is 13.6. The van der Waals surface area contributed by atoms with Crippen LogP contribution in [0.4, 0.5) is 0 Å². The molecule has 0 aliphatic carbocycles. The van der Waals surface area contributed by atoms with Gasteiger partial charge < -0.3 is 0 Å². The van der Waals surface area contributed by atoms with Gasteiger partial charge in [0.1, 0.15) is 5.78 Å². The average Bonchev–Trinajstić information content (AvgIpc) is 2.52. The minimum absolute atomic E-state index is 0.104. The molecule has 0 N–H and O–H groups in total. The summed E-state index contributed by atoms with van der Waals surface area (Å²) in [4.78, 5) is 35.1. The lowest BCUT2D eigenvalue weighted by Gasteiger charge is -2.17. The van der Waals surface area contributed by atoms with Gasteiger partial charge in [-0.05, 0) is 11.8 Å². The summed E-state index contributed by atoms with van der Waals surface area (Å²) in [5, 5.41) is 0. The summed E-state index contributed by atoms with van der Waals surface area (Å²) in [6.45, 7) is 6.45. The van der Waals surface area contributed by atoms with Gasteiger partial charge in [-0.3, -0.25) is 19.3 Å². The van der Waals surface area contributed by atoms with Gasteiger partial charge in [0, 0.05) is 31.5 Å². The van der Waals surface area contributed by atoms with Crippen LogP contribution in [0.3, 0.4) is 0 Å². The lowest BCUT2D eigenvalue weighted by atomic mass is 9.89. The maximum atomic E-state index is 11.6.